The van der Waals surface area contributed by atoms with Crippen LogP contribution in [-0.2, 0) is 17.8 Å². The number of hydrogen-bond donors (Lipinski definition) is 0. The van der Waals surface area contributed by atoms with E-state index in [1.165, 1.54) is 0 Å². The Hall–Kier alpha value is -3.40. The maximum atomic E-state index is 12.2. The van der Waals surface area contributed by atoms with Crippen LogP contribution in [0.2, 0.25) is 0 Å². The van der Waals surface area contributed by atoms with E-state index in [1.807, 2.05) is 42.5 Å². The van der Waals surface area contributed by atoms with Crippen molar-refractivity contribution in [3.63, 3.8) is 0 Å². The Morgan fingerprint density at radius 3 is 2.04 bits per heavy atom. The summed E-state index contributed by atoms with van der Waals surface area (Å²) in [6, 6.07) is 23.8. The molecule has 3 aromatic carbocycles. The van der Waals surface area contributed by atoms with E-state index in [0.29, 0.717) is 23.5 Å². The van der Waals surface area contributed by atoms with Gasteiger partial charge < -0.3 is 9.47 Å². The second-order valence-corrected chi connectivity index (χ2v) is 6.35. The fourth-order valence-electron chi connectivity index (χ4n) is 2.65. The summed E-state index contributed by atoms with van der Waals surface area (Å²) in [6.45, 7) is 2.23. The molecule has 0 aliphatic heterocycles. The zero-order valence-electron chi connectivity index (χ0n) is 15.8. The molecule has 28 heavy (non-hydrogen) atoms. The molecule has 0 aliphatic carbocycles. The van der Waals surface area contributed by atoms with Gasteiger partial charge in [0.05, 0.1) is 5.56 Å². The van der Waals surface area contributed by atoms with Gasteiger partial charge in [0.1, 0.15) is 12.4 Å². The first-order valence-electron chi connectivity index (χ1n) is 9.22. The van der Waals surface area contributed by atoms with Gasteiger partial charge in [0.2, 0.25) is 0 Å². The predicted molar refractivity (Wildman–Crippen MR) is 108 cm³/mol. The van der Waals surface area contributed by atoms with Crippen LogP contribution in [0.5, 0.6) is 5.75 Å². The van der Waals surface area contributed by atoms with Gasteiger partial charge in [-0.1, -0.05) is 61.5 Å². The molecular weight excluding hydrogens is 352 g/mol. The Balaban J connectivity index is 1.50. The number of Topliss-reactive ketones (excluding diaryl/α,β-unsaturated/α-hetero) is 1. The van der Waals surface area contributed by atoms with E-state index in [4.69, 9.17) is 9.47 Å². The van der Waals surface area contributed by atoms with Gasteiger partial charge in [-0.15, -0.1) is 0 Å². The quantitative estimate of drug-likeness (QED) is 0.417. The van der Waals surface area contributed by atoms with Crippen molar-refractivity contribution in [3.8, 4) is 5.75 Å². The Kier molecular flexibility index (Phi) is 6.58. The summed E-state index contributed by atoms with van der Waals surface area (Å²) in [6.07, 6.45) is 0.911. The van der Waals surface area contributed by atoms with Gasteiger partial charge in [0.25, 0.3) is 0 Å². The van der Waals surface area contributed by atoms with Crippen LogP contribution in [0.25, 0.3) is 0 Å². The summed E-state index contributed by atoms with van der Waals surface area (Å²) in [7, 11) is 0. The Bertz CT molecular complexity index is 913. The fraction of sp³-hybridized carbons (Fsp3) is 0.167. The van der Waals surface area contributed by atoms with Crippen LogP contribution in [0.15, 0.2) is 78.9 Å². The van der Waals surface area contributed by atoms with E-state index in [-0.39, 0.29) is 12.4 Å². The zero-order valence-corrected chi connectivity index (χ0v) is 15.8. The molecule has 0 amide bonds. The van der Waals surface area contributed by atoms with Crippen LogP contribution in [0.3, 0.4) is 0 Å². The summed E-state index contributed by atoms with van der Waals surface area (Å²) in [5.41, 5.74) is 3.13. The topological polar surface area (TPSA) is 52.6 Å². The second kappa shape index (κ2) is 9.51. The first kappa shape index (κ1) is 19.4. The van der Waals surface area contributed by atoms with Gasteiger partial charge >= 0.3 is 5.97 Å². The minimum Gasteiger partial charge on any atom is -0.489 e. The van der Waals surface area contributed by atoms with Crippen molar-refractivity contribution in [2.45, 2.75) is 20.0 Å². The van der Waals surface area contributed by atoms with Crippen molar-refractivity contribution >= 4 is 11.8 Å². The Morgan fingerprint density at radius 1 is 0.750 bits per heavy atom. The van der Waals surface area contributed by atoms with Crippen molar-refractivity contribution in [3.05, 3.63) is 101 Å². The first-order chi connectivity index (χ1) is 13.7. The van der Waals surface area contributed by atoms with Gasteiger partial charge in [-0.05, 0) is 41.8 Å². The molecule has 0 saturated heterocycles. The van der Waals surface area contributed by atoms with E-state index in [2.05, 4.69) is 6.92 Å². The van der Waals surface area contributed by atoms with Crippen molar-refractivity contribution < 1.29 is 19.1 Å². The molecule has 0 aliphatic rings. The summed E-state index contributed by atoms with van der Waals surface area (Å²) in [5, 5.41) is 0. The summed E-state index contributed by atoms with van der Waals surface area (Å²) < 4.78 is 10.8. The van der Waals surface area contributed by atoms with Crippen LogP contribution < -0.4 is 4.74 Å². The lowest BCUT2D eigenvalue weighted by Crippen LogP contribution is -2.14. The van der Waals surface area contributed by atoms with Crippen molar-refractivity contribution in [1.82, 2.24) is 0 Å². The lowest BCUT2D eigenvalue weighted by molar-refractivity contribution is 0.0474. The average Bonchev–Trinajstić information content (AvgIpc) is 2.77. The molecule has 0 N–H and O–H groups in total. The van der Waals surface area contributed by atoms with Crippen LogP contribution in [0.1, 0.15) is 38.8 Å². The monoisotopic (exact) mass is 374 g/mol. The molecule has 3 aromatic rings. The highest BCUT2D eigenvalue weighted by Crippen LogP contribution is 2.15. The maximum absolute atomic E-state index is 12.2. The van der Waals surface area contributed by atoms with E-state index in [0.717, 1.165) is 17.5 Å². The molecule has 0 unspecified atom stereocenters. The molecule has 3 rings (SSSR count). The second-order valence-electron chi connectivity index (χ2n) is 6.35. The number of carbonyl (C=O) groups excluding carboxylic acids is 2. The molecule has 0 spiro atoms. The van der Waals surface area contributed by atoms with E-state index >= 15 is 0 Å². The number of rotatable bonds is 8. The number of ether oxygens (including phenoxy) is 2. The molecular formula is C24H22O4. The molecule has 0 heterocycles. The number of hydrogen-bond acceptors (Lipinski definition) is 4. The number of carbonyl (C=O) groups is 2. The van der Waals surface area contributed by atoms with Gasteiger partial charge in [-0.3, -0.25) is 4.79 Å². The molecule has 4 nitrogen and oxygen atoms in total. The molecule has 0 saturated carbocycles. The van der Waals surface area contributed by atoms with Crippen molar-refractivity contribution in [1.29, 1.82) is 0 Å². The highest BCUT2D eigenvalue weighted by atomic mass is 16.5. The number of esters is 1. The SMILES string of the molecule is CCc1ccc(C(=O)COC(=O)c2ccc(OCc3ccccc3)cc2)cc1. The smallest absolute Gasteiger partial charge is 0.338 e. The molecule has 0 fully saturated rings. The number of benzene rings is 3. The average molecular weight is 374 g/mol. The highest BCUT2D eigenvalue weighted by Gasteiger charge is 2.12. The third-order valence-electron chi connectivity index (χ3n) is 4.36. The third kappa shape index (κ3) is 5.30. The molecule has 0 atom stereocenters. The van der Waals surface area contributed by atoms with E-state index in [9.17, 15) is 9.59 Å². The molecule has 4 heteroatoms. The largest absolute Gasteiger partial charge is 0.489 e. The van der Waals surface area contributed by atoms with Crippen LogP contribution in [-0.4, -0.2) is 18.4 Å². The lowest BCUT2D eigenvalue weighted by atomic mass is 10.1. The summed E-state index contributed by atoms with van der Waals surface area (Å²) in [4.78, 5) is 24.3. The molecule has 0 bridgehead atoms. The molecule has 142 valence electrons. The Morgan fingerprint density at radius 2 is 1.39 bits per heavy atom. The standard InChI is InChI=1S/C24H22O4/c1-2-18-8-10-20(11-9-18)23(25)17-28-24(26)21-12-14-22(15-13-21)27-16-19-6-4-3-5-7-19/h3-15H,2,16-17H2,1H3. The van der Waals surface area contributed by atoms with Crippen LogP contribution in [0, 0.1) is 0 Å². The minimum atomic E-state index is -0.534. The molecule has 0 radical (unpaired) electrons. The van der Waals surface area contributed by atoms with E-state index in [1.54, 1.807) is 36.4 Å². The number of ketones is 1. The maximum Gasteiger partial charge on any atom is 0.338 e. The number of aryl methyl sites for hydroxylation is 1. The lowest BCUT2D eigenvalue weighted by Gasteiger charge is -2.08. The van der Waals surface area contributed by atoms with Gasteiger partial charge in [-0.25, -0.2) is 4.79 Å². The minimum absolute atomic E-state index is 0.223. The van der Waals surface area contributed by atoms with Crippen LogP contribution >= 0.6 is 0 Å². The van der Waals surface area contributed by atoms with Gasteiger partial charge in [0.15, 0.2) is 12.4 Å². The Labute approximate surface area is 164 Å². The van der Waals surface area contributed by atoms with E-state index < -0.39 is 5.97 Å². The third-order valence-corrected chi connectivity index (χ3v) is 4.36. The normalized spacial score (nSPS) is 10.3. The highest BCUT2D eigenvalue weighted by molar-refractivity contribution is 5.99. The molecule has 0 aromatic heterocycles. The fourth-order valence-corrected chi connectivity index (χ4v) is 2.65. The zero-order chi connectivity index (χ0) is 19.8. The summed E-state index contributed by atoms with van der Waals surface area (Å²) >= 11 is 0. The van der Waals surface area contributed by atoms with Crippen molar-refractivity contribution in [2.75, 3.05) is 6.61 Å². The summed E-state index contributed by atoms with van der Waals surface area (Å²) in [5.74, 6) is -0.0977. The predicted octanol–water partition coefficient (Wildman–Crippen LogP) is 4.87. The van der Waals surface area contributed by atoms with Crippen molar-refractivity contribution in [2.24, 2.45) is 0 Å². The van der Waals surface area contributed by atoms with Crippen LogP contribution in [0.4, 0.5) is 0 Å². The van der Waals surface area contributed by atoms with Gasteiger partial charge in [0, 0.05) is 5.56 Å². The first-order valence-corrected chi connectivity index (χ1v) is 9.22. The van der Waals surface area contributed by atoms with Gasteiger partial charge in [-0.2, -0.15) is 0 Å².